The third-order valence-corrected chi connectivity index (χ3v) is 3.87. The van der Waals surface area contributed by atoms with E-state index >= 15 is 0 Å². The van der Waals surface area contributed by atoms with Crippen LogP contribution in [0.25, 0.3) is 6.08 Å². The molecule has 0 bridgehead atoms. The highest BCUT2D eigenvalue weighted by Crippen LogP contribution is 2.39. The summed E-state index contributed by atoms with van der Waals surface area (Å²) < 4.78 is 5.50. The topological polar surface area (TPSA) is 99.1 Å². The van der Waals surface area contributed by atoms with E-state index in [-0.39, 0.29) is 11.4 Å². The van der Waals surface area contributed by atoms with Crippen molar-refractivity contribution in [2.45, 2.75) is 25.4 Å². The summed E-state index contributed by atoms with van der Waals surface area (Å²) in [6.07, 6.45) is 7.22. The normalized spacial score (nSPS) is 32.9. The Hall–Kier alpha value is -1.66. The second-order valence-corrected chi connectivity index (χ2v) is 5.77. The first-order chi connectivity index (χ1) is 9.01. The number of hydrogen-bond acceptors (Lipinski definition) is 6. The average Bonchev–Trinajstić information content (AvgIpc) is 2.76. The van der Waals surface area contributed by atoms with Gasteiger partial charge in [0.25, 0.3) is 0 Å². The molecule has 3 rings (SSSR count). The highest BCUT2D eigenvalue weighted by molar-refractivity contribution is 5.56. The fraction of sp³-hybridized carbons (Fsp3) is 0.538. The van der Waals surface area contributed by atoms with E-state index < -0.39 is 5.66 Å². The molecule has 0 amide bonds. The fourth-order valence-corrected chi connectivity index (χ4v) is 2.89. The fourth-order valence-electron chi connectivity index (χ4n) is 2.89. The van der Waals surface area contributed by atoms with Crippen LogP contribution in [0.5, 0.6) is 0 Å². The van der Waals surface area contributed by atoms with Crippen LogP contribution in [-0.4, -0.2) is 23.2 Å². The molecule has 3 heterocycles. The third kappa shape index (κ3) is 2.17. The number of fused-ring (bicyclic) bond motifs is 1. The highest BCUT2D eigenvalue weighted by atomic mass is 16.5. The van der Waals surface area contributed by atoms with Gasteiger partial charge in [0, 0.05) is 18.4 Å². The van der Waals surface area contributed by atoms with E-state index in [1.165, 1.54) is 0 Å². The van der Waals surface area contributed by atoms with Crippen molar-refractivity contribution in [3.63, 3.8) is 0 Å². The Balaban J connectivity index is 1.96. The van der Waals surface area contributed by atoms with E-state index in [0.29, 0.717) is 0 Å². The van der Waals surface area contributed by atoms with Gasteiger partial charge in [-0.15, -0.1) is 0 Å². The van der Waals surface area contributed by atoms with E-state index in [1.54, 1.807) is 6.20 Å². The molecular weight excluding hydrogens is 242 g/mol. The number of nitrogens with zero attached hydrogens (tertiary/aromatic N) is 2. The SMILES string of the molecule is CC1(CC2(N)NC=Cc3cnc(N)nc32)CCOC1. The predicted octanol–water partition coefficient (Wildman–Crippen LogP) is 0.561. The molecule has 6 heteroatoms. The van der Waals surface area contributed by atoms with Crippen molar-refractivity contribution in [3.8, 4) is 0 Å². The number of nitrogen functional groups attached to an aromatic ring is 1. The molecule has 2 atom stereocenters. The average molecular weight is 261 g/mol. The first kappa shape index (κ1) is 12.4. The molecule has 102 valence electrons. The van der Waals surface area contributed by atoms with Crippen LogP contribution in [0.2, 0.25) is 0 Å². The lowest BCUT2D eigenvalue weighted by Gasteiger charge is -2.38. The van der Waals surface area contributed by atoms with Gasteiger partial charge in [-0.05, 0) is 30.5 Å². The van der Waals surface area contributed by atoms with Crippen molar-refractivity contribution < 1.29 is 4.74 Å². The Morgan fingerprint density at radius 2 is 2.37 bits per heavy atom. The summed E-state index contributed by atoms with van der Waals surface area (Å²) in [7, 11) is 0. The molecule has 2 unspecified atom stereocenters. The molecule has 1 aromatic heterocycles. The lowest BCUT2D eigenvalue weighted by molar-refractivity contribution is 0.129. The van der Waals surface area contributed by atoms with Gasteiger partial charge < -0.3 is 21.5 Å². The van der Waals surface area contributed by atoms with Crippen LogP contribution in [-0.2, 0) is 10.4 Å². The zero-order valence-electron chi connectivity index (χ0n) is 11.0. The minimum atomic E-state index is -0.719. The molecule has 0 radical (unpaired) electrons. The van der Waals surface area contributed by atoms with Crippen molar-refractivity contribution in [3.05, 3.63) is 23.7 Å². The quantitative estimate of drug-likeness (QED) is 0.719. The van der Waals surface area contributed by atoms with E-state index in [1.807, 2.05) is 12.3 Å². The molecule has 6 nitrogen and oxygen atoms in total. The summed E-state index contributed by atoms with van der Waals surface area (Å²) in [5, 5.41) is 3.23. The van der Waals surface area contributed by atoms with Crippen molar-refractivity contribution in [2.24, 2.45) is 11.1 Å². The number of nitrogens with one attached hydrogen (secondary N) is 1. The third-order valence-electron chi connectivity index (χ3n) is 3.87. The molecular formula is C13H19N5O. The molecule has 0 aromatic carbocycles. The standard InChI is InChI=1S/C13H19N5O/c1-12(3-5-19-8-12)7-13(15)10-9(2-4-17-13)6-16-11(14)18-10/h2,4,6,17H,3,5,7-8,15H2,1H3,(H2,14,16,18). The number of aromatic nitrogens is 2. The first-order valence-corrected chi connectivity index (χ1v) is 6.45. The van der Waals surface area contributed by atoms with Crippen LogP contribution in [0.1, 0.15) is 31.0 Å². The van der Waals surface area contributed by atoms with Crippen molar-refractivity contribution in [1.82, 2.24) is 15.3 Å². The Kier molecular flexibility index (Phi) is 2.72. The lowest BCUT2D eigenvalue weighted by Crippen LogP contribution is -2.53. The maximum absolute atomic E-state index is 6.54. The molecule has 0 aliphatic carbocycles. The van der Waals surface area contributed by atoms with Gasteiger partial charge in [0.15, 0.2) is 0 Å². The molecule has 0 saturated carbocycles. The van der Waals surface area contributed by atoms with Crippen LogP contribution in [0, 0.1) is 5.41 Å². The Bertz CT molecular complexity index is 524. The van der Waals surface area contributed by atoms with Gasteiger partial charge in [0.1, 0.15) is 5.66 Å². The predicted molar refractivity (Wildman–Crippen MR) is 72.6 cm³/mol. The van der Waals surface area contributed by atoms with Gasteiger partial charge in [-0.3, -0.25) is 0 Å². The number of nitrogens with two attached hydrogens (primary N) is 2. The van der Waals surface area contributed by atoms with E-state index in [4.69, 9.17) is 16.2 Å². The highest BCUT2D eigenvalue weighted by Gasteiger charge is 2.42. The van der Waals surface area contributed by atoms with Crippen molar-refractivity contribution in [2.75, 3.05) is 18.9 Å². The molecule has 1 aromatic rings. The first-order valence-electron chi connectivity index (χ1n) is 6.45. The van der Waals surface area contributed by atoms with Crippen LogP contribution in [0.15, 0.2) is 12.4 Å². The summed E-state index contributed by atoms with van der Waals surface area (Å²) in [6, 6.07) is 0. The maximum atomic E-state index is 6.54. The van der Waals surface area contributed by atoms with E-state index in [0.717, 1.165) is 37.3 Å². The zero-order valence-corrected chi connectivity index (χ0v) is 11.0. The molecule has 0 spiro atoms. The number of ether oxygens (including phenoxy) is 1. The zero-order chi connectivity index (χ0) is 13.5. The van der Waals surface area contributed by atoms with Crippen molar-refractivity contribution >= 4 is 12.0 Å². The summed E-state index contributed by atoms with van der Waals surface area (Å²) in [5.41, 5.74) is 13.2. The summed E-state index contributed by atoms with van der Waals surface area (Å²) in [5.74, 6) is 0.249. The van der Waals surface area contributed by atoms with Crippen LogP contribution >= 0.6 is 0 Å². The molecule has 2 aliphatic heterocycles. The largest absolute Gasteiger partial charge is 0.381 e. The van der Waals surface area contributed by atoms with Gasteiger partial charge in [0.05, 0.1) is 12.3 Å². The van der Waals surface area contributed by atoms with Gasteiger partial charge in [-0.1, -0.05) is 6.92 Å². The van der Waals surface area contributed by atoms with Gasteiger partial charge >= 0.3 is 0 Å². The molecule has 19 heavy (non-hydrogen) atoms. The van der Waals surface area contributed by atoms with Gasteiger partial charge in [0.2, 0.25) is 5.95 Å². The molecule has 1 fully saturated rings. The minimum Gasteiger partial charge on any atom is -0.381 e. The smallest absolute Gasteiger partial charge is 0.220 e. The van der Waals surface area contributed by atoms with E-state index in [2.05, 4.69) is 22.2 Å². The number of rotatable bonds is 2. The summed E-state index contributed by atoms with van der Waals surface area (Å²) in [4.78, 5) is 8.34. The molecule has 1 saturated heterocycles. The van der Waals surface area contributed by atoms with Crippen LogP contribution < -0.4 is 16.8 Å². The molecule has 5 N–H and O–H groups in total. The van der Waals surface area contributed by atoms with Gasteiger partial charge in [-0.2, -0.15) is 0 Å². The van der Waals surface area contributed by atoms with Crippen LogP contribution in [0.3, 0.4) is 0 Å². The van der Waals surface area contributed by atoms with Crippen molar-refractivity contribution in [1.29, 1.82) is 0 Å². The lowest BCUT2D eigenvalue weighted by atomic mass is 9.78. The van der Waals surface area contributed by atoms with Gasteiger partial charge in [-0.25, -0.2) is 9.97 Å². The van der Waals surface area contributed by atoms with E-state index in [9.17, 15) is 0 Å². The number of hydrogen-bond donors (Lipinski definition) is 3. The summed E-state index contributed by atoms with van der Waals surface area (Å²) >= 11 is 0. The second-order valence-electron chi connectivity index (χ2n) is 5.77. The monoisotopic (exact) mass is 261 g/mol. The van der Waals surface area contributed by atoms with Crippen LogP contribution in [0.4, 0.5) is 5.95 Å². The summed E-state index contributed by atoms with van der Waals surface area (Å²) in [6.45, 7) is 3.72. The Labute approximate surface area is 112 Å². The number of anilines is 1. The maximum Gasteiger partial charge on any atom is 0.220 e. The second kappa shape index (κ2) is 4.18. The Morgan fingerprint density at radius 3 is 3.11 bits per heavy atom. The molecule has 2 aliphatic rings. The Morgan fingerprint density at radius 1 is 1.53 bits per heavy atom. The minimum absolute atomic E-state index is 0.0594.